The maximum Gasteiger partial charge on any atom is 0.279 e. The summed E-state index contributed by atoms with van der Waals surface area (Å²) < 4.78 is 0. The molecule has 4 nitrogen and oxygen atoms in total. The molecule has 0 atom stereocenters. The number of amides is 2. The van der Waals surface area contributed by atoms with Gasteiger partial charge in [-0.25, -0.2) is 0 Å². The molecule has 120 valence electrons. The largest absolute Gasteiger partial charge is 0.279 e. The third-order valence-electron chi connectivity index (χ3n) is 4.75. The second-order valence-corrected chi connectivity index (χ2v) is 7.53. The van der Waals surface area contributed by atoms with Crippen molar-refractivity contribution in [1.29, 1.82) is 0 Å². The first-order chi connectivity index (χ1) is 10.7. The second-order valence-electron chi connectivity index (χ2n) is 6.40. The molecule has 2 aliphatic carbocycles. The van der Waals surface area contributed by atoms with Crippen LogP contribution < -0.4 is 10.9 Å². The van der Waals surface area contributed by atoms with Crippen LogP contribution in [0, 0.1) is 5.92 Å². The first-order valence-corrected chi connectivity index (χ1v) is 9.27. The molecule has 0 radical (unpaired) electrons. The van der Waals surface area contributed by atoms with Gasteiger partial charge in [-0.05, 0) is 50.2 Å². The Kier molecular flexibility index (Phi) is 5.13. The molecule has 0 aliphatic heterocycles. The van der Waals surface area contributed by atoms with Crippen molar-refractivity contribution in [2.45, 2.75) is 64.2 Å². The minimum Gasteiger partial charge on any atom is -0.273 e. The van der Waals surface area contributed by atoms with Crippen LogP contribution in [0.5, 0.6) is 0 Å². The van der Waals surface area contributed by atoms with Gasteiger partial charge in [0.25, 0.3) is 5.91 Å². The van der Waals surface area contributed by atoms with Crippen molar-refractivity contribution in [2.75, 3.05) is 0 Å². The molecule has 1 aromatic heterocycles. The van der Waals surface area contributed by atoms with E-state index >= 15 is 0 Å². The zero-order valence-electron chi connectivity index (χ0n) is 13.0. The highest BCUT2D eigenvalue weighted by Crippen LogP contribution is 2.28. The molecule has 22 heavy (non-hydrogen) atoms. The average Bonchev–Trinajstić information content (AvgIpc) is 3.14. The molecular weight excluding hydrogens is 296 g/mol. The zero-order chi connectivity index (χ0) is 15.4. The Morgan fingerprint density at radius 1 is 0.955 bits per heavy atom. The fourth-order valence-corrected chi connectivity index (χ4v) is 4.57. The van der Waals surface area contributed by atoms with Crippen molar-refractivity contribution in [2.24, 2.45) is 5.92 Å². The van der Waals surface area contributed by atoms with Crippen molar-refractivity contribution in [3.63, 3.8) is 0 Å². The third kappa shape index (κ3) is 3.69. The van der Waals surface area contributed by atoms with Crippen LogP contribution in [0.4, 0.5) is 0 Å². The SMILES string of the molecule is O=C(NNC(=O)C1CCCC1)c1cc2c(s1)CCCCCC2. The molecule has 0 bridgehead atoms. The Bertz CT molecular complexity index is 521. The molecule has 0 aromatic carbocycles. The van der Waals surface area contributed by atoms with Gasteiger partial charge < -0.3 is 0 Å². The van der Waals surface area contributed by atoms with Gasteiger partial charge in [-0.1, -0.05) is 25.7 Å². The first kappa shape index (κ1) is 15.5. The smallest absolute Gasteiger partial charge is 0.273 e. The van der Waals surface area contributed by atoms with Crippen LogP contribution in [0.25, 0.3) is 0 Å². The van der Waals surface area contributed by atoms with E-state index in [0.717, 1.165) is 43.4 Å². The standard InChI is InChI=1S/C17H24N2O2S/c20-16(12-7-5-6-8-12)18-19-17(21)15-11-13-9-3-1-2-4-10-14(13)22-15/h11-12H,1-10H2,(H,18,20)(H,19,21). The number of aryl methyl sites for hydroxylation is 2. The average molecular weight is 320 g/mol. The molecule has 2 N–H and O–H groups in total. The van der Waals surface area contributed by atoms with Crippen LogP contribution in [0.2, 0.25) is 0 Å². The lowest BCUT2D eigenvalue weighted by Gasteiger charge is -2.10. The van der Waals surface area contributed by atoms with Gasteiger partial charge in [-0.3, -0.25) is 20.4 Å². The van der Waals surface area contributed by atoms with Gasteiger partial charge in [-0.2, -0.15) is 0 Å². The second kappa shape index (κ2) is 7.27. The molecule has 5 heteroatoms. The summed E-state index contributed by atoms with van der Waals surface area (Å²) in [6.07, 6.45) is 11.3. The van der Waals surface area contributed by atoms with E-state index in [1.165, 1.54) is 36.1 Å². The summed E-state index contributed by atoms with van der Waals surface area (Å²) in [6, 6.07) is 2.02. The van der Waals surface area contributed by atoms with Gasteiger partial charge in [0.2, 0.25) is 5.91 Å². The highest BCUT2D eigenvalue weighted by atomic mass is 32.1. The molecule has 1 fully saturated rings. The van der Waals surface area contributed by atoms with Crippen LogP contribution in [0.3, 0.4) is 0 Å². The number of carbonyl (C=O) groups excluding carboxylic acids is 2. The Labute approximate surface area is 135 Å². The molecule has 0 unspecified atom stereocenters. The number of hydrogen-bond acceptors (Lipinski definition) is 3. The monoisotopic (exact) mass is 320 g/mol. The Morgan fingerprint density at radius 2 is 1.68 bits per heavy atom. The summed E-state index contributed by atoms with van der Waals surface area (Å²) in [5.41, 5.74) is 6.51. The summed E-state index contributed by atoms with van der Waals surface area (Å²) in [5.74, 6) is -0.146. The van der Waals surface area contributed by atoms with Crippen molar-refractivity contribution in [3.05, 3.63) is 21.4 Å². The van der Waals surface area contributed by atoms with Gasteiger partial charge in [-0.15, -0.1) is 11.3 Å². The normalized spacial score (nSPS) is 19.1. The topological polar surface area (TPSA) is 58.2 Å². The quantitative estimate of drug-likeness (QED) is 0.821. The van der Waals surface area contributed by atoms with E-state index in [1.54, 1.807) is 11.3 Å². The van der Waals surface area contributed by atoms with E-state index in [-0.39, 0.29) is 17.7 Å². The summed E-state index contributed by atoms with van der Waals surface area (Å²) in [6.45, 7) is 0. The lowest BCUT2D eigenvalue weighted by molar-refractivity contribution is -0.125. The number of carbonyl (C=O) groups is 2. The number of hydrogen-bond donors (Lipinski definition) is 2. The Morgan fingerprint density at radius 3 is 2.45 bits per heavy atom. The number of nitrogens with one attached hydrogen (secondary N) is 2. The first-order valence-electron chi connectivity index (χ1n) is 8.46. The number of rotatable bonds is 2. The van der Waals surface area contributed by atoms with E-state index in [9.17, 15) is 9.59 Å². The van der Waals surface area contributed by atoms with Crippen LogP contribution in [-0.4, -0.2) is 11.8 Å². The van der Waals surface area contributed by atoms with Gasteiger partial charge >= 0.3 is 0 Å². The summed E-state index contributed by atoms with van der Waals surface area (Å²) >= 11 is 1.59. The van der Waals surface area contributed by atoms with Gasteiger partial charge in [0.05, 0.1) is 4.88 Å². The minimum atomic E-state index is -0.178. The lowest BCUT2D eigenvalue weighted by Crippen LogP contribution is -2.43. The van der Waals surface area contributed by atoms with Crippen molar-refractivity contribution in [1.82, 2.24) is 10.9 Å². The fraction of sp³-hybridized carbons (Fsp3) is 0.647. The molecule has 3 rings (SSSR count). The molecule has 1 aromatic rings. The minimum absolute atomic E-state index is 0.0410. The fourth-order valence-electron chi connectivity index (χ4n) is 3.43. The Hall–Kier alpha value is -1.36. The number of hydrazine groups is 1. The zero-order valence-corrected chi connectivity index (χ0v) is 13.8. The Balaban J connectivity index is 1.57. The molecule has 1 heterocycles. The van der Waals surface area contributed by atoms with E-state index in [1.807, 2.05) is 6.07 Å². The number of thiophene rings is 1. The van der Waals surface area contributed by atoms with Crippen LogP contribution in [0.1, 0.15) is 71.5 Å². The molecule has 0 spiro atoms. The predicted molar refractivity (Wildman–Crippen MR) is 87.8 cm³/mol. The van der Waals surface area contributed by atoms with Gasteiger partial charge in [0, 0.05) is 10.8 Å². The summed E-state index contributed by atoms with van der Waals surface area (Å²) in [4.78, 5) is 26.3. The van der Waals surface area contributed by atoms with Gasteiger partial charge in [0.15, 0.2) is 0 Å². The van der Waals surface area contributed by atoms with Crippen LogP contribution in [-0.2, 0) is 17.6 Å². The third-order valence-corrected chi connectivity index (χ3v) is 5.98. The van der Waals surface area contributed by atoms with E-state index in [2.05, 4.69) is 10.9 Å². The highest BCUT2D eigenvalue weighted by molar-refractivity contribution is 7.14. The molecule has 2 aliphatic rings. The maximum atomic E-state index is 12.2. The van der Waals surface area contributed by atoms with Crippen molar-refractivity contribution >= 4 is 23.2 Å². The highest BCUT2D eigenvalue weighted by Gasteiger charge is 2.23. The summed E-state index contributed by atoms with van der Waals surface area (Å²) in [5, 5.41) is 0. The van der Waals surface area contributed by atoms with E-state index in [4.69, 9.17) is 0 Å². The maximum absolute atomic E-state index is 12.2. The molecule has 0 saturated heterocycles. The van der Waals surface area contributed by atoms with Crippen LogP contribution >= 0.6 is 11.3 Å². The van der Waals surface area contributed by atoms with E-state index < -0.39 is 0 Å². The predicted octanol–water partition coefficient (Wildman–Crippen LogP) is 3.36. The van der Waals surface area contributed by atoms with E-state index in [0.29, 0.717) is 0 Å². The molecular formula is C17H24N2O2S. The molecule has 2 amide bonds. The van der Waals surface area contributed by atoms with Crippen molar-refractivity contribution < 1.29 is 9.59 Å². The number of fused-ring (bicyclic) bond motifs is 1. The van der Waals surface area contributed by atoms with Crippen molar-refractivity contribution in [3.8, 4) is 0 Å². The summed E-state index contributed by atoms with van der Waals surface area (Å²) in [7, 11) is 0. The van der Waals surface area contributed by atoms with Gasteiger partial charge in [0.1, 0.15) is 0 Å². The molecule has 1 saturated carbocycles. The van der Waals surface area contributed by atoms with Crippen LogP contribution in [0.15, 0.2) is 6.07 Å². The lowest BCUT2D eigenvalue weighted by atomic mass is 10.00.